The average molecular weight is 924 g/mol. The molecular weight excluding hydrogens is 879 g/mol. The Labute approximate surface area is 345 Å². The third kappa shape index (κ3) is 7.65. The van der Waals surface area contributed by atoms with Crippen molar-refractivity contribution in [2.45, 2.75) is 64.6 Å². The van der Waals surface area contributed by atoms with E-state index in [-0.39, 0.29) is 25.5 Å². The van der Waals surface area contributed by atoms with Crippen molar-refractivity contribution in [1.82, 2.24) is 9.97 Å². The summed E-state index contributed by atoms with van der Waals surface area (Å²) in [6, 6.07) is 48.3. The molecule has 9 rings (SSSR count). The zero-order chi connectivity index (χ0) is 38.2. The van der Waals surface area contributed by atoms with Crippen molar-refractivity contribution in [1.29, 1.82) is 5.26 Å². The number of hydrogen-bond acceptors (Lipinski definition) is 4. The first kappa shape index (κ1) is 39.1. The van der Waals surface area contributed by atoms with Crippen molar-refractivity contribution in [2.75, 3.05) is 0 Å². The van der Waals surface area contributed by atoms with Crippen LogP contribution in [0.4, 0.5) is 0 Å². The number of fused-ring (bicyclic) bond motifs is 4. The zero-order valence-electron chi connectivity index (χ0n) is 32.6. The van der Waals surface area contributed by atoms with Crippen LogP contribution in [0.1, 0.15) is 50.7 Å². The van der Waals surface area contributed by atoms with Crippen LogP contribution in [-0.2, 0) is 25.5 Å². The first-order chi connectivity index (χ1) is 26.6. The Kier molecular flexibility index (Phi) is 11.2. The van der Waals surface area contributed by atoms with E-state index in [2.05, 4.69) is 129 Å². The van der Waals surface area contributed by atoms with Crippen LogP contribution in [-0.4, -0.2) is 18.0 Å². The van der Waals surface area contributed by atoms with Gasteiger partial charge in [0, 0.05) is 37.9 Å². The van der Waals surface area contributed by atoms with Gasteiger partial charge in [-0.2, -0.15) is 5.26 Å². The van der Waals surface area contributed by atoms with E-state index in [4.69, 9.17) is 9.40 Å². The van der Waals surface area contributed by atoms with Crippen molar-refractivity contribution in [3.05, 3.63) is 151 Å². The summed E-state index contributed by atoms with van der Waals surface area (Å²) in [6.07, 6.45) is 9.19. The van der Waals surface area contributed by atoms with Crippen molar-refractivity contribution in [2.24, 2.45) is 5.92 Å². The molecule has 3 heterocycles. The molecule has 4 nitrogen and oxygen atoms in total. The summed E-state index contributed by atoms with van der Waals surface area (Å²) < 4.78 is 6.45. The van der Waals surface area contributed by atoms with E-state index in [1.807, 2.05) is 54.9 Å². The molecule has 0 saturated heterocycles. The largest absolute Gasteiger partial charge is 0.501 e. The molecule has 56 heavy (non-hydrogen) atoms. The van der Waals surface area contributed by atoms with Gasteiger partial charge in [-0.15, -0.1) is 41.3 Å². The molecule has 1 radical (unpaired) electrons. The molecule has 3 aromatic heterocycles. The number of hydrogen-bond donors (Lipinski definition) is 0. The van der Waals surface area contributed by atoms with Crippen LogP contribution in [0.25, 0.3) is 66.4 Å². The second kappa shape index (κ2) is 16.1. The van der Waals surface area contributed by atoms with Crippen LogP contribution in [0.15, 0.2) is 132 Å². The summed E-state index contributed by atoms with van der Waals surface area (Å²) in [5.74, 6) is 0.692. The van der Waals surface area contributed by atoms with Gasteiger partial charge in [0.1, 0.15) is 5.58 Å². The second-order valence-electron chi connectivity index (χ2n) is 16.3. The van der Waals surface area contributed by atoms with Gasteiger partial charge in [0.25, 0.3) is 0 Å². The van der Waals surface area contributed by atoms with E-state index in [1.165, 1.54) is 47.2 Å². The zero-order valence-corrected chi connectivity index (χ0v) is 36.0. The number of furan rings is 1. The molecular formula is C50H45IrN3OSi-2. The number of rotatable bonds is 6. The molecule has 0 unspecified atom stereocenters. The van der Waals surface area contributed by atoms with Crippen LogP contribution in [0.5, 0.6) is 0 Å². The fourth-order valence-corrected chi connectivity index (χ4v) is 9.17. The predicted molar refractivity (Wildman–Crippen MR) is 230 cm³/mol. The number of aromatic nitrogens is 2. The van der Waals surface area contributed by atoms with Gasteiger partial charge in [0.15, 0.2) is 0 Å². The summed E-state index contributed by atoms with van der Waals surface area (Å²) >= 11 is 0. The topological polar surface area (TPSA) is 62.7 Å². The third-order valence-electron chi connectivity index (χ3n) is 11.5. The molecule has 0 bridgehead atoms. The molecule has 8 aromatic rings. The van der Waals surface area contributed by atoms with Gasteiger partial charge in [-0.1, -0.05) is 147 Å². The molecule has 1 saturated carbocycles. The van der Waals surface area contributed by atoms with Gasteiger partial charge in [0.05, 0.1) is 25.3 Å². The number of nitriles is 1. The van der Waals surface area contributed by atoms with Gasteiger partial charge < -0.3 is 14.4 Å². The molecule has 0 amide bonds. The first-order valence-corrected chi connectivity index (χ1v) is 22.8. The van der Waals surface area contributed by atoms with Crippen molar-refractivity contribution >= 4 is 46.0 Å². The maximum absolute atomic E-state index is 9.43. The van der Waals surface area contributed by atoms with Gasteiger partial charge in [-0.05, 0) is 69.9 Å². The summed E-state index contributed by atoms with van der Waals surface area (Å²) in [5.41, 5.74) is 9.45. The van der Waals surface area contributed by atoms with E-state index in [9.17, 15) is 5.26 Å². The normalized spacial score (nSPS) is 13.3. The minimum absolute atomic E-state index is 0. The number of nitrogens with zero attached hydrogens (tertiary/aromatic N) is 3. The minimum atomic E-state index is -1.28. The quantitative estimate of drug-likeness (QED) is 0.123. The Hall–Kier alpha value is -5.18. The van der Waals surface area contributed by atoms with Gasteiger partial charge in [-0.25, -0.2) is 0 Å². The summed E-state index contributed by atoms with van der Waals surface area (Å²) in [6.45, 7) is 11.8. The summed E-state index contributed by atoms with van der Waals surface area (Å²) in [5, 5.41) is 15.3. The van der Waals surface area contributed by atoms with Gasteiger partial charge in [-0.3, -0.25) is 0 Å². The van der Waals surface area contributed by atoms with E-state index >= 15 is 0 Å². The molecule has 5 aromatic carbocycles. The molecule has 0 spiro atoms. The fraction of sp³-hybridized carbons (Fsp3) is 0.220. The Morgan fingerprint density at radius 2 is 1.55 bits per heavy atom. The van der Waals surface area contributed by atoms with E-state index in [0.29, 0.717) is 17.1 Å². The maximum atomic E-state index is 9.43. The third-order valence-corrected chi connectivity index (χ3v) is 13.5. The van der Waals surface area contributed by atoms with Crippen LogP contribution in [0.3, 0.4) is 0 Å². The Morgan fingerprint density at radius 1 is 0.786 bits per heavy atom. The van der Waals surface area contributed by atoms with Crippen LogP contribution < -0.4 is 5.19 Å². The van der Waals surface area contributed by atoms with Crippen LogP contribution >= 0.6 is 0 Å². The number of pyridine rings is 2. The minimum Gasteiger partial charge on any atom is -0.501 e. The van der Waals surface area contributed by atoms with Crippen molar-refractivity contribution in [3.63, 3.8) is 0 Å². The molecule has 1 aliphatic rings. The SMILES string of the molecule is CC(C)(c1ccnc(-c2[c-]cc(-c3ccccc3)c3c2oc2cc(C#N)ccc23)c1)C1CCCC1.C[Si](C)(C)c1ccc(-c2[c-]ccc3ccccc23)nc1.[Ir]. The van der Waals surface area contributed by atoms with E-state index in [1.54, 1.807) is 0 Å². The second-order valence-corrected chi connectivity index (χ2v) is 21.4. The molecule has 1 aliphatic carbocycles. The average Bonchev–Trinajstić information content (AvgIpc) is 3.90. The molecule has 0 N–H and O–H groups in total. The van der Waals surface area contributed by atoms with Gasteiger partial charge in [0.2, 0.25) is 0 Å². The smallest absolute Gasteiger partial charge is 0.122 e. The van der Waals surface area contributed by atoms with Crippen molar-refractivity contribution in [3.8, 4) is 39.7 Å². The Bertz CT molecular complexity index is 2680. The molecule has 281 valence electrons. The molecule has 0 aliphatic heterocycles. The van der Waals surface area contributed by atoms with Crippen LogP contribution in [0, 0.1) is 29.4 Å². The predicted octanol–water partition coefficient (Wildman–Crippen LogP) is 12.7. The van der Waals surface area contributed by atoms with Crippen LogP contribution in [0.2, 0.25) is 19.6 Å². The fourth-order valence-electron chi connectivity index (χ4n) is 8.14. The van der Waals surface area contributed by atoms with E-state index < -0.39 is 8.07 Å². The standard InChI is InChI=1S/C32H27N2O.C18H18NSi.Ir/c1-32(2,23-10-6-7-11-23)24-16-17-34-28(19-24)26-15-14-25(22-8-4-3-5-9-22)30-27-13-12-21(20-33)18-29(27)35-31(26)30;1-20(2,3)15-11-12-18(19-13-15)17-10-6-8-14-7-4-5-9-16(14)17;/h3-5,8-9,12-14,16-19,23H,6-7,10-11H2,1-2H3;4-9,11-13H,1-3H3;/q2*-1;. The summed E-state index contributed by atoms with van der Waals surface area (Å²) in [7, 11) is -1.28. The molecule has 1 fully saturated rings. The maximum Gasteiger partial charge on any atom is 0.122 e. The number of benzene rings is 5. The van der Waals surface area contributed by atoms with Crippen molar-refractivity contribution < 1.29 is 24.5 Å². The monoisotopic (exact) mass is 924 g/mol. The van der Waals surface area contributed by atoms with Gasteiger partial charge >= 0.3 is 0 Å². The molecule has 6 heteroatoms. The first-order valence-electron chi connectivity index (χ1n) is 19.3. The Balaban J connectivity index is 0.000000195. The molecule has 0 atom stereocenters. The van der Waals surface area contributed by atoms with E-state index in [0.717, 1.165) is 50.0 Å². The summed E-state index contributed by atoms with van der Waals surface area (Å²) in [4.78, 5) is 9.43. The Morgan fingerprint density at radius 3 is 2.29 bits per heavy atom.